The van der Waals surface area contributed by atoms with E-state index in [1.165, 1.54) is 0 Å². The van der Waals surface area contributed by atoms with E-state index in [9.17, 15) is 0 Å². The van der Waals surface area contributed by atoms with Gasteiger partial charge in [0.1, 0.15) is 18.0 Å². The van der Waals surface area contributed by atoms with Crippen molar-refractivity contribution in [2.24, 2.45) is 0 Å². The Morgan fingerprint density at radius 1 is 1.36 bits per heavy atom. The van der Waals surface area contributed by atoms with Gasteiger partial charge in [0.15, 0.2) is 0 Å². The van der Waals surface area contributed by atoms with Gasteiger partial charge in [-0.25, -0.2) is 9.97 Å². The maximum absolute atomic E-state index is 4.27. The molecule has 1 aromatic rings. The Morgan fingerprint density at radius 2 is 2.07 bits per heavy atom. The fourth-order valence-electron chi connectivity index (χ4n) is 1.32. The van der Waals surface area contributed by atoms with Crippen molar-refractivity contribution in [3.63, 3.8) is 0 Å². The summed E-state index contributed by atoms with van der Waals surface area (Å²) in [6.45, 7) is 8.04. The summed E-state index contributed by atoms with van der Waals surface area (Å²) in [4.78, 5) is 10.6. The Hall–Kier alpha value is -1.32. The molecule has 0 atom stereocenters. The summed E-state index contributed by atoms with van der Waals surface area (Å²) in [5.74, 6) is 1.93. The number of aromatic nitrogens is 2. The number of hydrogen-bond donors (Lipinski definition) is 1. The van der Waals surface area contributed by atoms with Gasteiger partial charge >= 0.3 is 0 Å². The molecule has 0 unspecified atom stereocenters. The summed E-state index contributed by atoms with van der Waals surface area (Å²) in [6.07, 6.45) is 1.60. The molecule has 14 heavy (non-hydrogen) atoms. The number of nitrogens with zero attached hydrogens (tertiary/aromatic N) is 3. The normalized spacial score (nSPS) is 10.0. The topological polar surface area (TPSA) is 41.1 Å². The van der Waals surface area contributed by atoms with Crippen molar-refractivity contribution in [2.45, 2.75) is 20.8 Å². The number of nitrogens with one attached hydrogen (secondary N) is 1. The van der Waals surface area contributed by atoms with Gasteiger partial charge in [0.05, 0.1) is 0 Å². The molecule has 78 valence electrons. The average Bonchev–Trinajstić information content (AvgIpc) is 2.20. The van der Waals surface area contributed by atoms with Crippen LogP contribution in [-0.4, -0.2) is 30.1 Å². The van der Waals surface area contributed by atoms with E-state index in [-0.39, 0.29) is 0 Å². The molecular weight excluding hydrogens is 176 g/mol. The highest BCUT2D eigenvalue weighted by molar-refractivity contribution is 5.57. The van der Waals surface area contributed by atoms with Crippen molar-refractivity contribution in [1.82, 2.24) is 9.97 Å². The number of anilines is 2. The molecule has 0 spiro atoms. The van der Waals surface area contributed by atoms with Crippen LogP contribution in [0.2, 0.25) is 0 Å². The second kappa shape index (κ2) is 4.79. The van der Waals surface area contributed by atoms with Crippen LogP contribution >= 0.6 is 0 Å². The van der Waals surface area contributed by atoms with Gasteiger partial charge < -0.3 is 10.2 Å². The van der Waals surface area contributed by atoms with Crippen molar-refractivity contribution in [3.05, 3.63) is 11.9 Å². The molecule has 0 bridgehead atoms. The molecule has 0 aliphatic rings. The maximum Gasteiger partial charge on any atom is 0.136 e. The van der Waals surface area contributed by atoms with Gasteiger partial charge in [-0.1, -0.05) is 0 Å². The molecule has 1 heterocycles. The first-order valence-electron chi connectivity index (χ1n) is 4.97. The molecule has 4 nitrogen and oxygen atoms in total. The molecule has 0 amide bonds. The number of rotatable bonds is 4. The van der Waals surface area contributed by atoms with Crippen LogP contribution in [0.25, 0.3) is 0 Å². The minimum Gasteiger partial charge on any atom is -0.370 e. The molecule has 1 N–H and O–H groups in total. The zero-order valence-corrected chi connectivity index (χ0v) is 9.33. The third-order valence-electron chi connectivity index (χ3n) is 2.24. The van der Waals surface area contributed by atoms with Crippen LogP contribution < -0.4 is 10.2 Å². The lowest BCUT2D eigenvalue weighted by molar-refractivity contribution is 0.916. The first-order chi connectivity index (χ1) is 6.70. The Balaban J connectivity index is 3.00. The van der Waals surface area contributed by atoms with Crippen LogP contribution in [0.15, 0.2) is 6.33 Å². The highest BCUT2D eigenvalue weighted by Crippen LogP contribution is 2.20. The van der Waals surface area contributed by atoms with Gasteiger partial charge in [-0.2, -0.15) is 0 Å². The Kier molecular flexibility index (Phi) is 3.68. The van der Waals surface area contributed by atoms with E-state index in [0.29, 0.717) is 0 Å². The van der Waals surface area contributed by atoms with Crippen molar-refractivity contribution in [1.29, 1.82) is 0 Å². The molecule has 0 radical (unpaired) electrons. The second-order valence-corrected chi connectivity index (χ2v) is 3.22. The van der Waals surface area contributed by atoms with E-state index in [1.54, 1.807) is 6.33 Å². The zero-order valence-electron chi connectivity index (χ0n) is 9.33. The van der Waals surface area contributed by atoms with Crippen LogP contribution in [-0.2, 0) is 0 Å². The van der Waals surface area contributed by atoms with E-state index in [2.05, 4.69) is 34.0 Å². The fourth-order valence-corrected chi connectivity index (χ4v) is 1.32. The molecule has 0 aliphatic heterocycles. The van der Waals surface area contributed by atoms with Crippen molar-refractivity contribution >= 4 is 11.6 Å². The molecule has 0 saturated carbocycles. The van der Waals surface area contributed by atoms with Crippen LogP contribution in [0.4, 0.5) is 11.6 Å². The van der Waals surface area contributed by atoms with Gasteiger partial charge in [0, 0.05) is 25.7 Å². The highest BCUT2D eigenvalue weighted by atomic mass is 15.2. The van der Waals surface area contributed by atoms with Gasteiger partial charge in [0.25, 0.3) is 0 Å². The van der Waals surface area contributed by atoms with Crippen molar-refractivity contribution < 1.29 is 0 Å². The van der Waals surface area contributed by atoms with Crippen molar-refractivity contribution in [2.75, 3.05) is 30.4 Å². The molecule has 1 rings (SSSR count). The Labute approximate surface area is 85.4 Å². The third-order valence-corrected chi connectivity index (χ3v) is 2.24. The predicted molar refractivity (Wildman–Crippen MR) is 59.9 cm³/mol. The van der Waals surface area contributed by atoms with Crippen LogP contribution in [0.5, 0.6) is 0 Å². The van der Waals surface area contributed by atoms with Crippen LogP contribution in [0, 0.1) is 6.92 Å². The lowest BCUT2D eigenvalue weighted by Crippen LogP contribution is -2.19. The van der Waals surface area contributed by atoms with Crippen LogP contribution in [0.1, 0.15) is 19.4 Å². The third kappa shape index (κ3) is 2.13. The summed E-state index contributed by atoms with van der Waals surface area (Å²) in [5.41, 5.74) is 1.11. The summed E-state index contributed by atoms with van der Waals surface area (Å²) < 4.78 is 0. The lowest BCUT2D eigenvalue weighted by atomic mass is 10.3. The average molecular weight is 194 g/mol. The smallest absolute Gasteiger partial charge is 0.136 e. The van der Waals surface area contributed by atoms with E-state index >= 15 is 0 Å². The van der Waals surface area contributed by atoms with E-state index in [0.717, 1.165) is 30.3 Å². The van der Waals surface area contributed by atoms with Crippen LogP contribution in [0.3, 0.4) is 0 Å². The van der Waals surface area contributed by atoms with E-state index in [4.69, 9.17) is 0 Å². The lowest BCUT2D eigenvalue weighted by Gasteiger charge is -2.19. The largest absolute Gasteiger partial charge is 0.370 e. The molecule has 0 fully saturated rings. The SMILES string of the molecule is CCNc1ncnc(N(C)CC)c1C. The summed E-state index contributed by atoms with van der Waals surface area (Å²) in [7, 11) is 2.03. The second-order valence-electron chi connectivity index (χ2n) is 3.22. The standard InChI is InChI=1S/C10H18N4/c1-5-11-9-8(3)10(13-7-12-9)14(4)6-2/h7H,5-6H2,1-4H3,(H,11,12,13). The number of hydrogen-bond acceptors (Lipinski definition) is 4. The highest BCUT2D eigenvalue weighted by Gasteiger charge is 2.08. The molecule has 0 saturated heterocycles. The quantitative estimate of drug-likeness (QED) is 0.791. The Bertz CT molecular complexity index is 298. The minimum absolute atomic E-state index is 0.882. The minimum atomic E-state index is 0.882. The summed E-state index contributed by atoms with van der Waals surface area (Å²) >= 11 is 0. The first-order valence-corrected chi connectivity index (χ1v) is 4.97. The molecule has 4 heteroatoms. The monoisotopic (exact) mass is 194 g/mol. The van der Waals surface area contributed by atoms with Gasteiger partial charge in [-0.15, -0.1) is 0 Å². The van der Waals surface area contributed by atoms with Gasteiger partial charge in [-0.05, 0) is 20.8 Å². The molecular formula is C10H18N4. The summed E-state index contributed by atoms with van der Waals surface area (Å²) in [5, 5.41) is 3.22. The fraction of sp³-hybridized carbons (Fsp3) is 0.600. The predicted octanol–water partition coefficient (Wildman–Crippen LogP) is 1.67. The van der Waals surface area contributed by atoms with Gasteiger partial charge in [-0.3, -0.25) is 0 Å². The van der Waals surface area contributed by atoms with Crippen molar-refractivity contribution in [3.8, 4) is 0 Å². The summed E-state index contributed by atoms with van der Waals surface area (Å²) in [6, 6.07) is 0. The Morgan fingerprint density at radius 3 is 2.64 bits per heavy atom. The zero-order chi connectivity index (χ0) is 10.6. The van der Waals surface area contributed by atoms with Gasteiger partial charge in [0.2, 0.25) is 0 Å². The first kappa shape index (κ1) is 10.8. The molecule has 0 aromatic carbocycles. The maximum atomic E-state index is 4.27. The molecule has 1 aromatic heterocycles. The van der Waals surface area contributed by atoms with E-state index < -0.39 is 0 Å². The van der Waals surface area contributed by atoms with E-state index in [1.807, 2.05) is 14.0 Å². The molecule has 0 aliphatic carbocycles.